The zero-order valence-electron chi connectivity index (χ0n) is 9.33. The van der Waals surface area contributed by atoms with E-state index >= 15 is 0 Å². The molecule has 1 aromatic rings. The Morgan fingerprint density at radius 1 is 1.29 bits per heavy atom. The Bertz CT molecular complexity index is 377. The molecule has 0 aromatic heterocycles. The third kappa shape index (κ3) is 5.12. The molecule has 5 heteroatoms. The molecule has 0 aliphatic carbocycles. The fraction of sp³-hybridized carbons (Fsp3) is 0.333. The van der Waals surface area contributed by atoms with Crippen molar-refractivity contribution < 1.29 is 19.4 Å². The number of hydrogen-bond donors (Lipinski definition) is 2. The molecule has 3 N–H and O–H groups in total. The molecule has 0 fully saturated rings. The Labute approximate surface area is 99.2 Å². The van der Waals surface area contributed by atoms with Crippen LogP contribution in [-0.4, -0.2) is 29.7 Å². The zero-order valence-corrected chi connectivity index (χ0v) is 9.33. The third-order valence-corrected chi connectivity index (χ3v) is 2.17. The second kappa shape index (κ2) is 6.65. The summed E-state index contributed by atoms with van der Waals surface area (Å²) in [4.78, 5) is 21.8. The Morgan fingerprint density at radius 3 is 2.53 bits per heavy atom. The highest BCUT2D eigenvalue weighted by Crippen LogP contribution is 2.02. The van der Waals surface area contributed by atoms with Crippen molar-refractivity contribution in [3.05, 3.63) is 35.9 Å². The predicted molar refractivity (Wildman–Crippen MR) is 61.6 cm³/mol. The second-order valence-electron chi connectivity index (χ2n) is 3.65. The molecular formula is C12H15NO4. The van der Waals surface area contributed by atoms with Crippen LogP contribution in [-0.2, 0) is 9.53 Å². The summed E-state index contributed by atoms with van der Waals surface area (Å²) in [5, 5.41) is 8.48. The largest absolute Gasteiger partial charge is 0.481 e. The van der Waals surface area contributed by atoms with Gasteiger partial charge in [-0.2, -0.15) is 0 Å². The number of esters is 1. The van der Waals surface area contributed by atoms with Gasteiger partial charge in [0.25, 0.3) is 0 Å². The van der Waals surface area contributed by atoms with E-state index in [1.165, 1.54) is 0 Å². The van der Waals surface area contributed by atoms with Gasteiger partial charge in [-0.25, -0.2) is 4.79 Å². The molecule has 0 saturated heterocycles. The van der Waals surface area contributed by atoms with Gasteiger partial charge in [0.05, 0.1) is 18.6 Å². The lowest BCUT2D eigenvalue weighted by Crippen LogP contribution is -2.25. The summed E-state index contributed by atoms with van der Waals surface area (Å²) in [5.74, 6) is -1.37. The van der Waals surface area contributed by atoms with Crippen molar-refractivity contribution in [3.8, 4) is 0 Å². The molecule has 0 unspecified atom stereocenters. The van der Waals surface area contributed by atoms with Gasteiger partial charge < -0.3 is 15.6 Å². The lowest BCUT2D eigenvalue weighted by molar-refractivity contribution is -0.137. The van der Waals surface area contributed by atoms with E-state index in [0.717, 1.165) is 0 Å². The maximum absolute atomic E-state index is 11.5. The number of benzene rings is 1. The van der Waals surface area contributed by atoms with Crippen LogP contribution in [0.15, 0.2) is 30.3 Å². The van der Waals surface area contributed by atoms with E-state index in [1.807, 2.05) is 0 Å². The third-order valence-electron chi connectivity index (χ3n) is 2.17. The lowest BCUT2D eigenvalue weighted by atomic mass is 10.1. The van der Waals surface area contributed by atoms with Gasteiger partial charge in [-0.3, -0.25) is 4.79 Å². The van der Waals surface area contributed by atoms with Gasteiger partial charge in [-0.15, -0.1) is 0 Å². The highest BCUT2D eigenvalue weighted by atomic mass is 16.5. The first-order chi connectivity index (χ1) is 8.09. The van der Waals surface area contributed by atoms with Gasteiger partial charge in [0.15, 0.2) is 0 Å². The minimum atomic E-state index is -0.952. The van der Waals surface area contributed by atoms with Crippen molar-refractivity contribution in [1.29, 1.82) is 0 Å². The van der Waals surface area contributed by atoms with E-state index in [0.29, 0.717) is 12.0 Å². The highest BCUT2D eigenvalue weighted by Gasteiger charge is 2.10. The number of ether oxygens (including phenoxy) is 1. The van der Waals surface area contributed by atoms with Gasteiger partial charge in [-0.05, 0) is 18.6 Å². The number of rotatable bonds is 6. The van der Waals surface area contributed by atoms with Crippen LogP contribution in [0.25, 0.3) is 0 Å². The summed E-state index contributed by atoms with van der Waals surface area (Å²) < 4.78 is 4.97. The normalized spacial score (nSPS) is 11.8. The van der Waals surface area contributed by atoms with E-state index in [-0.39, 0.29) is 13.0 Å². The summed E-state index contributed by atoms with van der Waals surface area (Å²) >= 11 is 0. The molecule has 1 rings (SSSR count). The van der Waals surface area contributed by atoms with Crippen LogP contribution in [0.4, 0.5) is 0 Å². The number of carbonyl (C=O) groups excluding carboxylic acids is 1. The number of carboxylic acid groups (broad SMARTS) is 1. The Balaban J connectivity index is 2.28. The van der Waals surface area contributed by atoms with Crippen molar-refractivity contribution in [2.24, 2.45) is 5.73 Å². The number of nitrogens with two attached hydrogens (primary N) is 1. The fourth-order valence-corrected chi connectivity index (χ4v) is 1.29. The molecule has 0 aliphatic heterocycles. The van der Waals surface area contributed by atoms with E-state index in [9.17, 15) is 9.59 Å². The zero-order chi connectivity index (χ0) is 12.7. The smallest absolute Gasteiger partial charge is 0.338 e. The predicted octanol–water partition coefficient (Wildman–Crippen LogP) is 1.04. The van der Waals surface area contributed by atoms with Crippen molar-refractivity contribution in [2.75, 3.05) is 6.61 Å². The van der Waals surface area contributed by atoms with Crippen LogP contribution in [0.1, 0.15) is 23.2 Å². The van der Waals surface area contributed by atoms with Crippen molar-refractivity contribution in [1.82, 2.24) is 0 Å². The number of carboxylic acids is 1. The van der Waals surface area contributed by atoms with Crippen LogP contribution >= 0.6 is 0 Å². The van der Waals surface area contributed by atoms with E-state index in [1.54, 1.807) is 30.3 Å². The molecule has 0 saturated carbocycles. The molecule has 5 nitrogen and oxygen atoms in total. The molecule has 92 valence electrons. The molecule has 1 atom stereocenters. The summed E-state index contributed by atoms with van der Waals surface area (Å²) in [6, 6.07) is 8.11. The minimum Gasteiger partial charge on any atom is -0.481 e. The van der Waals surface area contributed by atoms with E-state index in [4.69, 9.17) is 15.6 Å². The maximum Gasteiger partial charge on any atom is 0.338 e. The Hall–Kier alpha value is -1.88. The topological polar surface area (TPSA) is 89.6 Å². The summed E-state index contributed by atoms with van der Waals surface area (Å²) in [7, 11) is 0. The summed E-state index contributed by atoms with van der Waals surface area (Å²) in [6.07, 6.45) is 0.216. The van der Waals surface area contributed by atoms with Crippen LogP contribution < -0.4 is 5.73 Å². The van der Waals surface area contributed by atoms with Crippen LogP contribution in [0.2, 0.25) is 0 Å². The summed E-state index contributed by atoms with van der Waals surface area (Å²) in [6.45, 7) is 0.127. The number of hydrogen-bond acceptors (Lipinski definition) is 4. The Morgan fingerprint density at radius 2 is 1.94 bits per heavy atom. The lowest BCUT2D eigenvalue weighted by Gasteiger charge is -2.09. The van der Waals surface area contributed by atoms with Gasteiger partial charge in [0.2, 0.25) is 0 Å². The first-order valence-corrected chi connectivity index (χ1v) is 5.29. The Kier molecular flexibility index (Phi) is 5.16. The molecule has 0 radical (unpaired) electrons. The maximum atomic E-state index is 11.5. The SMILES string of the molecule is N[C@H](CCOC(=O)c1ccccc1)CC(=O)O. The molecule has 0 amide bonds. The van der Waals surface area contributed by atoms with E-state index < -0.39 is 18.0 Å². The molecule has 0 bridgehead atoms. The van der Waals surface area contributed by atoms with Crippen LogP contribution in [0.5, 0.6) is 0 Å². The quantitative estimate of drug-likeness (QED) is 0.721. The molecule has 0 spiro atoms. The number of carbonyl (C=O) groups is 2. The monoisotopic (exact) mass is 237 g/mol. The average Bonchev–Trinajstić information content (AvgIpc) is 2.29. The standard InChI is InChI=1S/C12H15NO4/c13-10(8-11(14)15)6-7-17-12(16)9-4-2-1-3-5-9/h1-5,10H,6-8,13H2,(H,14,15)/t10-/m1/s1. The first-order valence-electron chi connectivity index (χ1n) is 5.29. The van der Waals surface area contributed by atoms with Gasteiger partial charge >= 0.3 is 11.9 Å². The van der Waals surface area contributed by atoms with Crippen LogP contribution in [0.3, 0.4) is 0 Å². The number of aliphatic carboxylic acids is 1. The molecule has 1 aromatic carbocycles. The van der Waals surface area contributed by atoms with Gasteiger partial charge in [0, 0.05) is 6.04 Å². The van der Waals surface area contributed by atoms with Crippen molar-refractivity contribution >= 4 is 11.9 Å². The minimum absolute atomic E-state index is 0.122. The highest BCUT2D eigenvalue weighted by molar-refractivity contribution is 5.89. The average molecular weight is 237 g/mol. The molecule has 17 heavy (non-hydrogen) atoms. The van der Waals surface area contributed by atoms with E-state index in [2.05, 4.69) is 0 Å². The van der Waals surface area contributed by atoms with Gasteiger partial charge in [0.1, 0.15) is 0 Å². The molecule has 0 heterocycles. The fourth-order valence-electron chi connectivity index (χ4n) is 1.29. The van der Waals surface area contributed by atoms with Crippen molar-refractivity contribution in [2.45, 2.75) is 18.9 Å². The molecular weight excluding hydrogens is 222 g/mol. The molecule has 0 aliphatic rings. The summed E-state index contributed by atoms with van der Waals surface area (Å²) in [5.41, 5.74) is 6.00. The van der Waals surface area contributed by atoms with Crippen LogP contribution in [0, 0.1) is 0 Å². The van der Waals surface area contributed by atoms with Crippen molar-refractivity contribution in [3.63, 3.8) is 0 Å². The second-order valence-corrected chi connectivity index (χ2v) is 3.65. The van der Waals surface area contributed by atoms with Gasteiger partial charge in [-0.1, -0.05) is 18.2 Å². The first kappa shape index (κ1) is 13.2.